The molecule has 0 spiro atoms. The van der Waals surface area contributed by atoms with Crippen LogP contribution in [0.3, 0.4) is 0 Å². The summed E-state index contributed by atoms with van der Waals surface area (Å²) in [5.74, 6) is 0. The normalized spacial score (nSPS) is 13.7. The molecule has 1 aromatic carbocycles. The topological polar surface area (TPSA) is 46.2 Å². The summed E-state index contributed by atoms with van der Waals surface area (Å²) in [7, 11) is -3.67. The van der Waals surface area contributed by atoms with E-state index in [1.807, 2.05) is 6.92 Å². The Morgan fingerprint density at radius 3 is 2.35 bits per heavy atom. The zero-order valence-corrected chi connectivity index (χ0v) is 12.4. The minimum atomic E-state index is -3.67. The first-order chi connectivity index (χ1) is 7.79. The van der Waals surface area contributed by atoms with Crippen molar-refractivity contribution in [3.8, 4) is 0 Å². The van der Waals surface area contributed by atoms with Crippen LogP contribution in [0, 0.1) is 0 Å². The molecule has 1 rings (SSSR count). The molecule has 1 aromatic rings. The van der Waals surface area contributed by atoms with E-state index in [2.05, 4.69) is 4.72 Å². The third kappa shape index (κ3) is 3.48. The Labute approximate surface area is 116 Å². The number of hydrogen-bond donors (Lipinski definition) is 1. The van der Waals surface area contributed by atoms with Crippen LogP contribution in [0.4, 0.5) is 0 Å². The molecule has 3 nitrogen and oxygen atoms in total. The van der Waals surface area contributed by atoms with Crippen molar-refractivity contribution < 1.29 is 8.42 Å². The van der Waals surface area contributed by atoms with E-state index in [-0.39, 0.29) is 26.0 Å². The van der Waals surface area contributed by atoms with E-state index in [0.717, 1.165) is 0 Å². The molecule has 7 heteroatoms. The first-order valence-electron chi connectivity index (χ1n) is 4.95. The molecule has 1 atom stereocenters. The first-order valence-corrected chi connectivity index (χ1v) is 7.57. The summed E-state index contributed by atoms with van der Waals surface area (Å²) in [6, 6.07) is 2.56. The summed E-state index contributed by atoms with van der Waals surface area (Å²) in [4.78, 5) is -0.0612. The molecular formula is C10H12Cl3NO2S. The van der Waals surface area contributed by atoms with Crippen LogP contribution in [0.5, 0.6) is 0 Å². The molecule has 0 saturated heterocycles. The molecule has 0 aliphatic heterocycles. The largest absolute Gasteiger partial charge is 0.242 e. The minimum absolute atomic E-state index is 0.0420. The lowest BCUT2D eigenvalue weighted by atomic mass is 10.3. The number of sulfonamides is 1. The Hall–Kier alpha value is -0.000000000000000167. The SMILES string of the molecule is CCC(C)NS(=O)(=O)c1ccc(Cl)c(Cl)c1Cl. The van der Waals surface area contributed by atoms with Crippen molar-refractivity contribution in [2.75, 3.05) is 0 Å². The number of benzene rings is 1. The molecule has 0 aliphatic rings. The Morgan fingerprint density at radius 2 is 1.82 bits per heavy atom. The number of rotatable bonds is 4. The maximum Gasteiger partial charge on any atom is 0.242 e. The molecule has 0 bridgehead atoms. The molecule has 0 fully saturated rings. The third-order valence-corrected chi connectivity index (χ3v) is 5.30. The van der Waals surface area contributed by atoms with Gasteiger partial charge < -0.3 is 0 Å². The smallest absolute Gasteiger partial charge is 0.208 e. The van der Waals surface area contributed by atoms with Crippen molar-refractivity contribution in [2.24, 2.45) is 0 Å². The van der Waals surface area contributed by atoms with Crippen LogP contribution < -0.4 is 4.72 Å². The molecule has 17 heavy (non-hydrogen) atoms. The van der Waals surface area contributed by atoms with E-state index in [1.54, 1.807) is 6.92 Å². The number of halogens is 3. The van der Waals surface area contributed by atoms with Crippen LogP contribution in [-0.2, 0) is 10.0 Å². The molecular weight excluding hydrogens is 305 g/mol. The highest BCUT2D eigenvalue weighted by Gasteiger charge is 2.22. The summed E-state index contributed by atoms with van der Waals surface area (Å²) in [6.07, 6.45) is 0.679. The van der Waals surface area contributed by atoms with Gasteiger partial charge in [-0.15, -0.1) is 0 Å². The Morgan fingerprint density at radius 1 is 1.24 bits per heavy atom. The van der Waals surface area contributed by atoms with Crippen LogP contribution in [0.15, 0.2) is 17.0 Å². The molecule has 0 aliphatic carbocycles. The average Bonchev–Trinajstić information content (AvgIpc) is 2.24. The van der Waals surface area contributed by atoms with Gasteiger partial charge in [0, 0.05) is 6.04 Å². The Balaban J connectivity index is 3.21. The molecule has 1 unspecified atom stereocenters. The van der Waals surface area contributed by atoms with Crippen molar-refractivity contribution in [1.29, 1.82) is 0 Å². The predicted octanol–water partition coefficient (Wildman–Crippen LogP) is 3.72. The quantitative estimate of drug-likeness (QED) is 0.860. The number of hydrogen-bond acceptors (Lipinski definition) is 2. The summed E-state index contributed by atoms with van der Waals surface area (Å²) in [6.45, 7) is 3.65. The van der Waals surface area contributed by atoms with E-state index in [9.17, 15) is 8.42 Å². The summed E-state index contributed by atoms with van der Waals surface area (Å²) < 4.78 is 26.5. The van der Waals surface area contributed by atoms with E-state index in [1.165, 1.54) is 12.1 Å². The fraction of sp³-hybridized carbons (Fsp3) is 0.400. The molecule has 0 heterocycles. The van der Waals surface area contributed by atoms with Crippen LogP contribution >= 0.6 is 34.8 Å². The maximum absolute atomic E-state index is 12.0. The second kappa shape index (κ2) is 5.76. The van der Waals surface area contributed by atoms with Gasteiger partial charge in [-0.2, -0.15) is 0 Å². The monoisotopic (exact) mass is 315 g/mol. The summed E-state index contributed by atoms with van der Waals surface area (Å²) >= 11 is 17.4. The highest BCUT2D eigenvalue weighted by atomic mass is 35.5. The molecule has 0 aromatic heterocycles. The van der Waals surface area contributed by atoms with Gasteiger partial charge in [0.2, 0.25) is 10.0 Å². The van der Waals surface area contributed by atoms with Gasteiger partial charge in [-0.3, -0.25) is 0 Å². The van der Waals surface area contributed by atoms with Crippen molar-refractivity contribution in [2.45, 2.75) is 31.2 Å². The lowest BCUT2D eigenvalue weighted by Crippen LogP contribution is -2.32. The van der Waals surface area contributed by atoms with E-state index in [4.69, 9.17) is 34.8 Å². The van der Waals surface area contributed by atoms with Gasteiger partial charge in [0.1, 0.15) is 4.90 Å². The van der Waals surface area contributed by atoms with E-state index < -0.39 is 10.0 Å². The lowest BCUT2D eigenvalue weighted by Gasteiger charge is -2.13. The van der Waals surface area contributed by atoms with Gasteiger partial charge in [-0.25, -0.2) is 13.1 Å². The van der Waals surface area contributed by atoms with Crippen LogP contribution in [0.25, 0.3) is 0 Å². The van der Waals surface area contributed by atoms with Gasteiger partial charge >= 0.3 is 0 Å². The van der Waals surface area contributed by atoms with Gasteiger partial charge in [0.15, 0.2) is 0 Å². The lowest BCUT2D eigenvalue weighted by molar-refractivity contribution is 0.556. The Bertz CT molecular complexity index is 517. The molecule has 0 radical (unpaired) electrons. The second-order valence-electron chi connectivity index (χ2n) is 3.60. The van der Waals surface area contributed by atoms with Gasteiger partial charge in [0.05, 0.1) is 15.1 Å². The predicted molar refractivity (Wildman–Crippen MR) is 71.5 cm³/mol. The first kappa shape index (κ1) is 15.1. The van der Waals surface area contributed by atoms with Crippen molar-refractivity contribution in [3.05, 3.63) is 27.2 Å². The Kier molecular flexibility index (Phi) is 5.10. The molecule has 96 valence electrons. The van der Waals surface area contributed by atoms with Gasteiger partial charge in [-0.05, 0) is 25.5 Å². The molecule has 0 amide bonds. The highest BCUT2D eigenvalue weighted by Crippen LogP contribution is 2.34. The van der Waals surface area contributed by atoms with Crippen molar-refractivity contribution >= 4 is 44.8 Å². The van der Waals surface area contributed by atoms with E-state index in [0.29, 0.717) is 6.42 Å². The standard InChI is InChI=1S/C10H12Cl3NO2S/c1-3-6(2)14-17(15,16)8-5-4-7(11)9(12)10(8)13/h4-6,14H,3H2,1-2H3. The van der Waals surface area contributed by atoms with Crippen molar-refractivity contribution in [3.63, 3.8) is 0 Å². The minimum Gasteiger partial charge on any atom is -0.208 e. The van der Waals surface area contributed by atoms with Gasteiger partial charge in [0.25, 0.3) is 0 Å². The summed E-state index contributed by atoms with van der Waals surface area (Å²) in [5, 5.41) is 0.203. The molecule has 0 saturated carbocycles. The zero-order valence-electron chi connectivity index (χ0n) is 9.30. The fourth-order valence-corrected chi connectivity index (χ4v) is 3.43. The zero-order chi connectivity index (χ0) is 13.2. The average molecular weight is 317 g/mol. The third-order valence-electron chi connectivity index (χ3n) is 2.26. The van der Waals surface area contributed by atoms with Crippen LogP contribution in [-0.4, -0.2) is 14.5 Å². The van der Waals surface area contributed by atoms with E-state index >= 15 is 0 Å². The number of nitrogens with one attached hydrogen (secondary N) is 1. The maximum atomic E-state index is 12.0. The second-order valence-corrected chi connectivity index (χ2v) is 6.45. The fourth-order valence-electron chi connectivity index (χ4n) is 1.13. The molecule has 1 N–H and O–H groups in total. The van der Waals surface area contributed by atoms with Crippen molar-refractivity contribution in [1.82, 2.24) is 4.72 Å². The highest BCUT2D eigenvalue weighted by molar-refractivity contribution is 7.89. The van der Waals surface area contributed by atoms with Gasteiger partial charge in [-0.1, -0.05) is 41.7 Å². The summed E-state index contributed by atoms with van der Waals surface area (Å²) in [5.41, 5.74) is 0. The van der Waals surface area contributed by atoms with Crippen LogP contribution in [0.2, 0.25) is 15.1 Å². The van der Waals surface area contributed by atoms with Crippen LogP contribution in [0.1, 0.15) is 20.3 Å².